The lowest BCUT2D eigenvalue weighted by molar-refractivity contribution is -0.920. The summed E-state index contributed by atoms with van der Waals surface area (Å²) in [4.78, 5) is 23.6. The first-order valence-corrected chi connectivity index (χ1v) is 9.42. The number of nitrogens with zero attached hydrogens (tertiary/aromatic N) is 1. The molecule has 4 nitrogen and oxygen atoms in total. The lowest BCUT2D eigenvalue weighted by Gasteiger charge is -2.26. The van der Waals surface area contributed by atoms with Gasteiger partial charge in [0.1, 0.15) is 11.4 Å². The van der Waals surface area contributed by atoms with Crippen molar-refractivity contribution in [1.82, 2.24) is 9.97 Å². The maximum Gasteiger partial charge on any atom is 0.259 e. The van der Waals surface area contributed by atoms with Gasteiger partial charge < -0.3 is 9.88 Å². The van der Waals surface area contributed by atoms with Gasteiger partial charge in [-0.15, -0.1) is 11.3 Å². The zero-order valence-electron chi connectivity index (χ0n) is 13.8. The number of hydrogen-bond acceptors (Lipinski definition) is 3. The molecule has 0 radical (unpaired) electrons. The first-order chi connectivity index (χ1) is 11.7. The van der Waals surface area contributed by atoms with Gasteiger partial charge in [0.15, 0.2) is 5.82 Å². The van der Waals surface area contributed by atoms with Crippen molar-refractivity contribution in [1.29, 1.82) is 0 Å². The summed E-state index contributed by atoms with van der Waals surface area (Å²) in [6, 6.07) is 12.1. The molecule has 1 aliphatic heterocycles. The van der Waals surface area contributed by atoms with Gasteiger partial charge in [0.2, 0.25) is 0 Å². The Morgan fingerprint density at radius 2 is 2.00 bits per heavy atom. The molecule has 5 heteroatoms. The number of likely N-dealkylation sites (tertiary alicyclic amines) is 1. The Balaban J connectivity index is 1.63. The summed E-state index contributed by atoms with van der Waals surface area (Å²) in [5.41, 5.74) is 1.12. The fourth-order valence-corrected chi connectivity index (χ4v) is 4.44. The van der Waals surface area contributed by atoms with E-state index in [2.05, 4.69) is 24.0 Å². The van der Waals surface area contributed by atoms with Crippen molar-refractivity contribution in [3.8, 4) is 10.4 Å². The molecule has 2 N–H and O–H groups in total. The number of benzene rings is 1. The van der Waals surface area contributed by atoms with Crippen molar-refractivity contribution in [3.63, 3.8) is 0 Å². The van der Waals surface area contributed by atoms with Gasteiger partial charge in [-0.05, 0) is 30.4 Å². The average Bonchev–Trinajstić information content (AvgIpc) is 3.03. The molecule has 0 atom stereocenters. The van der Waals surface area contributed by atoms with Crippen LogP contribution in [0.1, 0.15) is 25.6 Å². The van der Waals surface area contributed by atoms with Crippen molar-refractivity contribution in [2.75, 3.05) is 13.1 Å². The Labute approximate surface area is 145 Å². The van der Waals surface area contributed by atoms with Crippen LogP contribution in [0.25, 0.3) is 20.7 Å². The number of hydrogen-bond donors (Lipinski definition) is 2. The Bertz CT molecular complexity index is 892. The van der Waals surface area contributed by atoms with E-state index in [9.17, 15) is 4.79 Å². The van der Waals surface area contributed by atoms with E-state index in [1.807, 2.05) is 24.3 Å². The lowest BCUT2D eigenvalue weighted by atomic mass is 9.99. The molecule has 124 valence electrons. The minimum Gasteiger partial charge on any atom is -0.329 e. The van der Waals surface area contributed by atoms with Gasteiger partial charge in [-0.3, -0.25) is 4.79 Å². The molecule has 1 aromatic carbocycles. The smallest absolute Gasteiger partial charge is 0.259 e. The topological polar surface area (TPSA) is 50.2 Å². The second-order valence-corrected chi connectivity index (χ2v) is 7.85. The van der Waals surface area contributed by atoms with E-state index in [-0.39, 0.29) is 5.56 Å². The number of rotatable bonds is 3. The fourth-order valence-electron chi connectivity index (χ4n) is 3.39. The van der Waals surface area contributed by atoms with Crippen molar-refractivity contribution in [2.45, 2.75) is 26.3 Å². The lowest BCUT2D eigenvalue weighted by Crippen LogP contribution is -3.11. The van der Waals surface area contributed by atoms with Crippen LogP contribution >= 0.6 is 11.3 Å². The van der Waals surface area contributed by atoms with E-state index >= 15 is 0 Å². The minimum atomic E-state index is -0.0155. The van der Waals surface area contributed by atoms with Gasteiger partial charge in [-0.1, -0.05) is 37.3 Å². The molecule has 1 aliphatic rings. The summed E-state index contributed by atoms with van der Waals surface area (Å²) in [5.74, 6) is 1.65. The van der Waals surface area contributed by atoms with Gasteiger partial charge >= 0.3 is 0 Å². The van der Waals surface area contributed by atoms with Gasteiger partial charge in [0.05, 0.1) is 18.5 Å². The summed E-state index contributed by atoms with van der Waals surface area (Å²) >= 11 is 1.60. The molecule has 1 fully saturated rings. The predicted molar refractivity (Wildman–Crippen MR) is 98.5 cm³/mol. The summed E-state index contributed by atoms with van der Waals surface area (Å²) < 4.78 is 0. The predicted octanol–water partition coefficient (Wildman–Crippen LogP) is 2.47. The molecule has 0 aliphatic carbocycles. The maximum absolute atomic E-state index is 12.4. The Morgan fingerprint density at radius 3 is 2.75 bits per heavy atom. The molecular weight excluding hydrogens is 318 g/mol. The van der Waals surface area contributed by atoms with E-state index in [1.165, 1.54) is 30.8 Å². The highest BCUT2D eigenvalue weighted by Crippen LogP contribution is 2.30. The molecule has 3 heterocycles. The average molecular weight is 340 g/mol. The van der Waals surface area contributed by atoms with Crippen LogP contribution in [0.4, 0.5) is 0 Å². The third-order valence-electron chi connectivity index (χ3n) is 4.91. The zero-order chi connectivity index (χ0) is 16.5. The molecule has 1 saturated heterocycles. The number of thiophene rings is 1. The van der Waals surface area contributed by atoms with Crippen molar-refractivity contribution >= 4 is 21.6 Å². The summed E-state index contributed by atoms with van der Waals surface area (Å²) in [6.07, 6.45) is 2.53. The highest BCUT2D eigenvalue weighted by molar-refractivity contribution is 7.21. The van der Waals surface area contributed by atoms with Crippen LogP contribution in [-0.4, -0.2) is 23.1 Å². The number of H-pyrrole nitrogens is 1. The van der Waals surface area contributed by atoms with Crippen LogP contribution in [0.5, 0.6) is 0 Å². The Morgan fingerprint density at radius 1 is 1.25 bits per heavy atom. The van der Waals surface area contributed by atoms with E-state index in [0.29, 0.717) is 5.39 Å². The third-order valence-corrected chi connectivity index (χ3v) is 5.99. The number of nitrogens with one attached hydrogen (secondary N) is 2. The van der Waals surface area contributed by atoms with Crippen LogP contribution in [-0.2, 0) is 6.54 Å². The normalized spacial score (nSPS) is 21.2. The molecule has 2 aromatic heterocycles. The zero-order valence-corrected chi connectivity index (χ0v) is 14.7. The summed E-state index contributed by atoms with van der Waals surface area (Å²) in [7, 11) is 0. The van der Waals surface area contributed by atoms with Crippen LogP contribution in [0, 0.1) is 5.92 Å². The first kappa shape index (κ1) is 15.5. The van der Waals surface area contributed by atoms with Crippen molar-refractivity contribution in [2.24, 2.45) is 5.92 Å². The summed E-state index contributed by atoms with van der Waals surface area (Å²) in [6.45, 7) is 5.47. The number of piperidine rings is 1. The van der Waals surface area contributed by atoms with Crippen LogP contribution < -0.4 is 10.5 Å². The minimum absolute atomic E-state index is 0.0155. The van der Waals surface area contributed by atoms with E-state index in [1.54, 1.807) is 11.3 Å². The number of quaternary nitrogens is 1. The molecular formula is C19H22N3OS+. The van der Waals surface area contributed by atoms with Crippen LogP contribution in [0.2, 0.25) is 0 Å². The highest BCUT2D eigenvalue weighted by atomic mass is 32.1. The molecule has 0 spiro atoms. The molecule has 0 bridgehead atoms. The number of aromatic amines is 1. The highest BCUT2D eigenvalue weighted by Gasteiger charge is 2.20. The SMILES string of the molecule is CC1CC[NH+](Cc2nc3sc(-c4ccccc4)cc3c(=O)[nH]2)CC1. The number of aromatic nitrogens is 2. The van der Waals surface area contributed by atoms with Gasteiger partial charge in [0, 0.05) is 4.88 Å². The van der Waals surface area contributed by atoms with Crippen LogP contribution in [0.15, 0.2) is 41.2 Å². The maximum atomic E-state index is 12.4. The van der Waals surface area contributed by atoms with E-state index in [0.717, 1.165) is 33.6 Å². The molecule has 3 aromatic rings. The van der Waals surface area contributed by atoms with E-state index in [4.69, 9.17) is 4.98 Å². The molecule has 0 amide bonds. The molecule has 24 heavy (non-hydrogen) atoms. The quantitative estimate of drug-likeness (QED) is 0.769. The summed E-state index contributed by atoms with van der Waals surface area (Å²) in [5, 5.41) is 0.699. The van der Waals surface area contributed by atoms with Crippen molar-refractivity contribution in [3.05, 3.63) is 52.6 Å². The van der Waals surface area contributed by atoms with Crippen molar-refractivity contribution < 1.29 is 4.90 Å². The largest absolute Gasteiger partial charge is 0.329 e. The van der Waals surface area contributed by atoms with Gasteiger partial charge in [-0.2, -0.15) is 0 Å². The van der Waals surface area contributed by atoms with Crippen LogP contribution in [0.3, 0.4) is 0 Å². The number of fused-ring (bicyclic) bond motifs is 1. The monoisotopic (exact) mass is 340 g/mol. The third kappa shape index (κ3) is 3.14. The van der Waals surface area contributed by atoms with Gasteiger partial charge in [-0.25, -0.2) is 4.98 Å². The second kappa shape index (κ2) is 6.49. The standard InChI is InChI=1S/C19H21N3OS/c1-13-7-9-22(10-8-13)12-17-20-18(23)15-11-16(24-19(15)21-17)14-5-3-2-4-6-14/h2-6,11,13H,7-10,12H2,1H3,(H,20,21,23)/p+1. The second-order valence-electron chi connectivity index (χ2n) is 6.82. The Hall–Kier alpha value is -1.98. The molecule has 0 saturated carbocycles. The molecule has 4 rings (SSSR count). The Kier molecular flexibility index (Phi) is 4.21. The van der Waals surface area contributed by atoms with E-state index < -0.39 is 0 Å². The fraction of sp³-hybridized carbons (Fsp3) is 0.368. The first-order valence-electron chi connectivity index (χ1n) is 8.61. The van der Waals surface area contributed by atoms with Gasteiger partial charge in [0.25, 0.3) is 5.56 Å². The molecule has 0 unspecified atom stereocenters.